The normalized spacial score (nSPS) is 17.3. The van der Waals surface area contributed by atoms with Gasteiger partial charge in [0.2, 0.25) is 0 Å². The zero-order valence-electron chi connectivity index (χ0n) is 13.1. The maximum absolute atomic E-state index is 5.91. The van der Waals surface area contributed by atoms with Crippen LogP contribution in [0.15, 0.2) is 48.5 Å². The number of nitrogens with one attached hydrogen (secondary N) is 1. The van der Waals surface area contributed by atoms with Gasteiger partial charge in [0.15, 0.2) is 0 Å². The molecule has 1 N–H and O–H groups in total. The highest BCUT2D eigenvalue weighted by atomic mass is 35.5. The van der Waals surface area contributed by atoms with E-state index in [9.17, 15) is 0 Å². The molecule has 1 aliphatic rings. The molecule has 1 atom stereocenters. The largest absolute Gasteiger partial charge is 0.492 e. The first-order valence-electron chi connectivity index (χ1n) is 7.99. The summed E-state index contributed by atoms with van der Waals surface area (Å²) in [7, 11) is 0. The standard InChI is InChI=1S/C19H22ClNO.ClH/c20-17-8-4-15(5-9-17)13-16-6-10-19(11-7-16)22-14-18-3-1-2-12-21-18;/h4-11,18,21H,1-3,12-14H2;1H/t18-;/m0./s1. The van der Waals surface area contributed by atoms with E-state index in [0.29, 0.717) is 6.04 Å². The SMILES string of the molecule is Cl.Clc1ccc(Cc2ccc(OC[C@@H]3CCCCN3)cc2)cc1. The van der Waals surface area contributed by atoms with E-state index in [1.54, 1.807) is 0 Å². The number of rotatable bonds is 5. The third-order valence-electron chi connectivity index (χ3n) is 4.11. The van der Waals surface area contributed by atoms with Crippen molar-refractivity contribution >= 4 is 24.0 Å². The minimum absolute atomic E-state index is 0. The van der Waals surface area contributed by atoms with Crippen molar-refractivity contribution in [1.82, 2.24) is 5.32 Å². The molecule has 0 aromatic heterocycles. The van der Waals surface area contributed by atoms with E-state index >= 15 is 0 Å². The number of hydrogen-bond acceptors (Lipinski definition) is 2. The molecule has 23 heavy (non-hydrogen) atoms. The van der Waals surface area contributed by atoms with E-state index in [1.807, 2.05) is 12.1 Å². The molecule has 1 heterocycles. The molecule has 3 rings (SSSR count). The van der Waals surface area contributed by atoms with Crippen LogP contribution in [0.4, 0.5) is 0 Å². The van der Waals surface area contributed by atoms with Crippen molar-refractivity contribution in [3.8, 4) is 5.75 Å². The third-order valence-corrected chi connectivity index (χ3v) is 4.36. The fraction of sp³-hybridized carbons (Fsp3) is 0.368. The molecular formula is C19H23Cl2NO. The molecule has 0 saturated carbocycles. The van der Waals surface area contributed by atoms with E-state index in [4.69, 9.17) is 16.3 Å². The van der Waals surface area contributed by atoms with Crippen molar-refractivity contribution < 1.29 is 4.74 Å². The van der Waals surface area contributed by atoms with Gasteiger partial charge in [0, 0.05) is 11.1 Å². The molecule has 1 saturated heterocycles. The van der Waals surface area contributed by atoms with Crippen LogP contribution in [0.3, 0.4) is 0 Å². The minimum Gasteiger partial charge on any atom is -0.492 e. The van der Waals surface area contributed by atoms with Gasteiger partial charge in [-0.25, -0.2) is 0 Å². The number of benzene rings is 2. The Labute approximate surface area is 149 Å². The highest BCUT2D eigenvalue weighted by Crippen LogP contribution is 2.18. The van der Waals surface area contributed by atoms with E-state index in [-0.39, 0.29) is 12.4 Å². The first kappa shape index (κ1) is 18.1. The fourth-order valence-electron chi connectivity index (χ4n) is 2.80. The first-order valence-corrected chi connectivity index (χ1v) is 8.37. The molecule has 0 spiro atoms. The molecule has 4 heteroatoms. The van der Waals surface area contributed by atoms with Gasteiger partial charge in [-0.15, -0.1) is 12.4 Å². The van der Waals surface area contributed by atoms with Crippen molar-refractivity contribution in [2.45, 2.75) is 31.7 Å². The number of piperidine rings is 1. The quantitative estimate of drug-likeness (QED) is 0.829. The number of ether oxygens (including phenoxy) is 1. The van der Waals surface area contributed by atoms with Crippen molar-refractivity contribution in [2.75, 3.05) is 13.2 Å². The molecule has 1 fully saturated rings. The van der Waals surface area contributed by atoms with Gasteiger partial charge >= 0.3 is 0 Å². The van der Waals surface area contributed by atoms with Crippen LogP contribution < -0.4 is 10.1 Å². The van der Waals surface area contributed by atoms with Gasteiger partial charge in [-0.1, -0.05) is 42.3 Å². The molecule has 2 aromatic rings. The summed E-state index contributed by atoms with van der Waals surface area (Å²) in [6.07, 6.45) is 4.73. The molecular weight excluding hydrogens is 329 g/mol. The highest BCUT2D eigenvalue weighted by Gasteiger charge is 2.12. The fourth-order valence-corrected chi connectivity index (χ4v) is 2.93. The summed E-state index contributed by atoms with van der Waals surface area (Å²) in [6.45, 7) is 1.88. The molecule has 0 bridgehead atoms. The Balaban J connectivity index is 0.00000192. The highest BCUT2D eigenvalue weighted by molar-refractivity contribution is 6.30. The summed E-state index contributed by atoms with van der Waals surface area (Å²) in [5, 5.41) is 4.28. The lowest BCUT2D eigenvalue weighted by Crippen LogP contribution is -2.38. The average molecular weight is 352 g/mol. The minimum atomic E-state index is 0. The lowest BCUT2D eigenvalue weighted by Gasteiger charge is -2.23. The van der Waals surface area contributed by atoms with E-state index in [2.05, 4.69) is 41.7 Å². The summed E-state index contributed by atoms with van der Waals surface area (Å²) in [5.41, 5.74) is 2.55. The summed E-state index contributed by atoms with van der Waals surface area (Å²) >= 11 is 5.91. The van der Waals surface area contributed by atoms with Crippen molar-refractivity contribution in [2.24, 2.45) is 0 Å². The Bertz CT molecular complexity index is 577. The van der Waals surface area contributed by atoms with Crippen LogP contribution in [-0.2, 0) is 6.42 Å². The number of hydrogen-bond donors (Lipinski definition) is 1. The summed E-state index contributed by atoms with van der Waals surface area (Å²) in [5.74, 6) is 0.951. The van der Waals surface area contributed by atoms with Gasteiger partial charge < -0.3 is 10.1 Å². The molecule has 0 radical (unpaired) electrons. The molecule has 0 amide bonds. The Morgan fingerprint density at radius 3 is 2.22 bits per heavy atom. The van der Waals surface area contributed by atoms with Crippen molar-refractivity contribution in [1.29, 1.82) is 0 Å². The topological polar surface area (TPSA) is 21.3 Å². The summed E-state index contributed by atoms with van der Waals surface area (Å²) < 4.78 is 5.89. The Hall–Kier alpha value is -1.22. The van der Waals surface area contributed by atoms with Crippen LogP contribution in [0, 0.1) is 0 Å². The molecule has 1 aliphatic heterocycles. The van der Waals surface area contributed by atoms with Crippen LogP contribution in [-0.4, -0.2) is 19.2 Å². The molecule has 0 unspecified atom stereocenters. The van der Waals surface area contributed by atoms with Crippen molar-refractivity contribution in [3.63, 3.8) is 0 Å². The first-order chi connectivity index (χ1) is 10.8. The van der Waals surface area contributed by atoms with Gasteiger partial charge in [0.25, 0.3) is 0 Å². The van der Waals surface area contributed by atoms with Gasteiger partial charge in [-0.2, -0.15) is 0 Å². The molecule has 124 valence electrons. The maximum atomic E-state index is 5.91. The summed E-state index contributed by atoms with van der Waals surface area (Å²) in [4.78, 5) is 0. The van der Waals surface area contributed by atoms with Crippen LogP contribution >= 0.6 is 24.0 Å². The second kappa shape index (κ2) is 9.17. The monoisotopic (exact) mass is 351 g/mol. The summed E-state index contributed by atoms with van der Waals surface area (Å²) in [6, 6.07) is 16.9. The van der Waals surface area contributed by atoms with Gasteiger partial charge in [0.1, 0.15) is 12.4 Å². The van der Waals surface area contributed by atoms with Crippen LogP contribution in [0.1, 0.15) is 30.4 Å². The lowest BCUT2D eigenvalue weighted by atomic mass is 10.0. The maximum Gasteiger partial charge on any atom is 0.119 e. The smallest absolute Gasteiger partial charge is 0.119 e. The molecule has 2 nitrogen and oxygen atoms in total. The Kier molecular flexibility index (Phi) is 7.22. The predicted octanol–water partition coefficient (Wildman–Crippen LogP) is 4.87. The molecule has 0 aliphatic carbocycles. The zero-order valence-corrected chi connectivity index (χ0v) is 14.7. The lowest BCUT2D eigenvalue weighted by molar-refractivity contribution is 0.239. The van der Waals surface area contributed by atoms with Gasteiger partial charge in [-0.3, -0.25) is 0 Å². The van der Waals surface area contributed by atoms with Gasteiger partial charge in [0.05, 0.1) is 0 Å². The van der Waals surface area contributed by atoms with E-state index in [1.165, 1.54) is 30.4 Å². The van der Waals surface area contributed by atoms with E-state index < -0.39 is 0 Å². The Morgan fingerprint density at radius 1 is 0.957 bits per heavy atom. The van der Waals surface area contributed by atoms with Crippen LogP contribution in [0.5, 0.6) is 5.75 Å². The van der Waals surface area contributed by atoms with Crippen LogP contribution in [0.2, 0.25) is 5.02 Å². The Morgan fingerprint density at radius 2 is 1.61 bits per heavy atom. The number of halogens is 2. The molecule has 2 aromatic carbocycles. The zero-order chi connectivity index (χ0) is 15.2. The third kappa shape index (κ3) is 5.72. The second-order valence-electron chi connectivity index (χ2n) is 5.91. The average Bonchev–Trinajstić information content (AvgIpc) is 2.57. The van der Waals surface area contributed by atoms with E-state index in [0.717, 1.165) is 30.3 Å². The second-order valence-corrected chi connectivity index (χ2v) is 6.34. The van der Waals surface area contributed by atoms with Crippen molar-refractivity contribution in [3.05, 3.63) is 64.7 Å². The van der Waals surface area contributed by atoms with Crippen LogP contribution in [0.25, 0.3) is 0 Å². The predicted molar refractivity (Wildman–Crippen MR) is 99.1 cm³/mol. The van der Waals surface area contributed by atoms with Gasteiger partial charge in [-0.05, 0) is 61.2 Å².